The minimum Gasteiger partial charge on any atom is -0.477 e. The van der Waals surface area contributed by atoms with Crippen molar-refractivity contribution in [2.75, 3.05) is 19.6 Å². The number of piperidine rings is 1. The molecule has 3 saturated heterocycles. The van der Waals surface area contributed by atoms with Crippen molar-refractivity contribution in [1.82, 2.24) is 35.3 Å². The zero-order valence-corrected chi connectivity index (χ0v) is 22.3. The summed E-state index contributed by atoms with van der Waals surface area (Å²) in [6, 6.07) is -0.608. The van der Waals surface area contributed by atoms with Crippen LogP contribution in [0.1, 0.15) is 39.5 Å². The summed E-state index contributed by atoms with van der Waals surface area (Å²) in [5.41, 5.74) is 6.09. The summed E-state index contributed by atoms with van der Waals surface area (Å²) in [7, 11) is 0. The summed E-state index contributed by atoms with van der Waals surface area (Å²) in [6.07, 6.45) is 3.95. The van der Waals surface area contributed by atoms with Crippen LogP contribution in [0.3, 0.4) is 0 Å². The lowest BCUT2D eigenvalue weighted by molar-refractivity contribution is -0.160. The third kappa shape index (κ3) is 4.96. The number of nitrogens with zero attached hydrogens (tertiary/aromatic N) is 6. The Labute approximate surface area is 224 Å². The summed E-state index contributed by atoms with van der Waals surface area (Å²) >= 11 is 1.46. The van der Waals surface area contributed by atoms with Crippen LogP contribution >= 0.6 is 11.8 Å². The van der Waals surface area contributed by atoms with Crippen molar-refractivity contribution < 1.29 is 24.3 Å². The number of thioether (sulfide) groups is 1. The van der Waals surface area contributed by atoms with Gasteiger partial charge in [-0.15, -0.1) is 16.9 Å². The van der Waals surface area contributed by atoms with Crippen molar-refractivity contribution in [2.45, 2.75) is 69.5 Å². The van der Waals surface area contributed by atoms with Gasteiger partial charge in [0.2, 0.25) is 11.8 Å². The molecule has 38 heavy (non-hydrogen) atoms. The van der Waals surface area contributed by atoms with E-state index >= 15 is 0 Å². The molecule has 4 N–H and O–H groups in total. The lowest BCUT2D eigenvalue weighted by Crippen LogP contribution is -2.62. The molecule has 0 aliphatic carbocycles. The number of aliphatic carboxylic acids is 1. The average molecular weight is 547 g/mol. The van der Waals surface area contributed by atoms with E-state index in [2.05, 4.69) is 20.8 Å². The highest BCUT2D eigenvalue weighted by Crippen LogP contribution is 2.53. The number of hydrogen-bond acceptors (Lipinski definition) is 10. The van der Waals surface area contributed by atoms with Gasteiger partial charge in [-0.05, 0) is 35.6 Å². The van der Waals surface area contributed by atoms with Gasteiger partial charge in [0.05, 0.1) is 18.0 Å². The highest BCUT2D eigenvalue weighted by Gasteiger charge is 2.60. The number of nitrogens with one attached hydrogen (secondary N) is 1. The largest absolute Gasteiger partial charge is 0.477 e. The molecule has 0 unspecified atom stereocenters. The highest BCUT2D eigenvalue weighted by atomic mass is 32.2. The number of β-lactam (4-membered cyclic amide) rings is 1. The predicted molar refractivity (Wildman–Crippen MR) is 136 cm³/mol. The Bertz CT molecular complexity index is 1140. The second kappa shape index (κ2) is 10.7. The number of nitrogens with two attached hydrogens (primary N) is 1. The first-order valence-electron chi connectivity index (χ1n) is 13.1. The molecular formula is C24H34N8O5S. The fraction of sp³-hybridized carbons (Fsp3) is 0.708. The fourth-order valence-corrected chi connectivity index (χ4v) is 7.82. The number of fused-ring (bicyclic) bond motifs is 1. The SMILES string of the molecule is C[C@@H](CC(=O)Cn1cnnn1)[C@H]1C(=O)N2C(C(=O)O)=C(S[C@@H]3CN[C@H](C(=O)N4CCC[C@H](N)C4)C3)[C@H](C)[C@H]12. The molecule has 0 bridgehead atoms. The molecule has 1 aromatic heterocycles. The van der Waals surface area contributed by atoms with Crippen LogP contribution in [0.25, 0.3) is 0 Å². The summed E-state index contributed by atoms with van der Waals surface area (Å²) in [6.45, 7) is 5.69. The lowest BCUT2D eigenvalue weighted by atomic mass is 9.73. The molecule has 1 aromatic rings. The van der Waals surface area contributed by atoms with Gasteiger partial charge in [0, 0.05) is 48.2 Å². The summed E-state index contributed by atoms with van der Waals surface area (Å²) in [4.78, 5) is 54.9. The summed E-state index contributed by atoms with van der Waals surface area (Å²) < 4.78 is 1.34. The van der Waals surface area contributed by atoms with Gasteiger partial charge in [-0.25, -0.2) is 9.48 Å². The molecule has 2 amide bonds. The summed E-state index contributed by atoms with van der Waals surface area (Å²) in [5.74, 6) is -2.29. The number of tetrazole rings is 1. The Morgan fingerprint density at radius 2 is 2.13 bits per heavy atom. The van der Waals surface area contributed by atoms with Crippen molar-refractivity contribution in [3.8, 4) is 0 Å². The zero-order chi connectivity index (χ0) is 27.1. The van der Waals surface area contributed by atoms with Crippen molar-refractivity contribution in [3.63, 3.8) is 0 Å². The van der Waals surface area contributed by atoms with E-state index in [1.54, 1.807) is 0 Å². The Balaban J connectivity index is 1.23. The third-order valence-corrected chi connectivity index (χ3v) is 9.65. The van der Waals surface area contributed by atoms with E-state index in [0.717, 1.165) is 12.8 Å². The minimum atomic E-state index is -1.13. The zero-order valence-electron chi connectivity index (χ0n) is 21.5. The van der Waals surface area contributed by atoms with Crippen LogP contribution in [-0.4, -0.2) is 102 Å². The quantitative estimate of drug-likeness (QED) is 0.339. The van der Waals surface area contributed by atoms with Gasteiger partial charge in [0.1, 0.15) is 18.6 Å². The maximum absolute atomic E-state index is 13.2. The van der Waals surface area contributed by atoms with Crippen molar-refractivity contribution in [1.29, 1.82) is 0 Å². The Morgan fingerprint density at radius 3 is 2.82 bits per heavy atom. The highest BCUT2D eigenvalue weighted by molar-refractivity contribution is 8.03. The normalized spacial score (nSPS) is 31.8. The molecule has 3 fully saturated rings. The fourth-order valence-electron chi connectivity index (χ4n) is 6.34. The number of aromatic nitrogens is 4. The first-order chi connectivity index (χ1) is 18.2. The van der Waals surface area contributed by atoms with Crippen LogP contribution in [0.2, 0.25) is 0 Å². The Kier molecular flexibility index (Phi) is 7.56. The molecule has 206 valence electrons. The molecule has 5 rings (SSSR count). The molecule has 0 radical (unpaired) electrons. The monoisotopic (exact) mass is 546 g/mol. The van der Waals surface area contributed by atoms with Crippen LogP contribution in [0.15, 0.2) is 16.9 Å². The maximum Gasteiger partial charge on any atom is 0.353 e. The van der Waals surface area contributed by atoms with Gasteiger partial charge in [-0.2, -0.15) is 0 Å². The topological polar surface area (TPSA) is 177 Å². The second-order valence-corrected chi connectivity index (χ2v) is 12.2. The van der Waals surface area contributed by atoms with Crippen molar-refractivity contribution in [2.24, 2.45) is 23.5 Å². The molecule has 13 nitrogen and oxygen atoms in total. The first kappa shape index (κ1) is 26.8. The van der Waals surface area contributed by atoms with Crippen molar-refractivity contribution in [3.05, 3.63) is 16.9 Å². The van der Waals surface area contributed by atoms with Crippen LogP contribution < -0.4 is 11.1 Å². The predicted octanol–water partition coefficient (Wildman–Crippen LogP) is -0.545. The van der Waals surface area contributed by atoms with E-state index in [1.165, 1.54) is 27.7 Å². The standard InChI is InChI=1S/C24H34N8O5S/c1-12(6-15(33)10-31-11-27-28-29-31)18-19-13(2)21(20(24(36)37)32(19)23(18)35)38-16-7-17(26-8-16)22(34)30-5-3-4-14(25)9-30/h11-14,16-19,26H,3-10,25H2,1-2H3,(H,36,37)/t12-,13+,14-,16-,17-,18+,19+/m0/s1. The van der Waals surface area contributed by atoms with E-state index in [1.807, 2.05) is 18.7 Å². The van der Waals surface area contributed by atoms with Crippen LogP contribution in [0, 0.1) is 17.8 Å². The van der Waals surface area contributed by atoms with E-state index in [9.17, 15) is 24.3 Å². The van der Waals surface area contributed by atoms with Gasteiger partial charge in [-0.3, -0.25) is 14.4 Å². The van der Waals surface area contributed by atoms with E-state index in [-0.39, 0.29) is 71.5 Å². The molecule has 0 saturated carbocycles. The maximum atomic E-state index is 13.2. The van der Waals surface area contributed by atoms with Gasteiger partial charge in [-0.1, -0.05) is 13.8 Å². The minimum absolute atomic E-state index is 0.00848. The average Bonchev–Trinajstić information content (AvgIpc) is 3.59. The lowest BCUT2D eigenvalue weighted by Gasteiger charge is -2.47. The number of hydrogen-bond donors (Lipinski definition) is 3. The number of carbonyl (C=O) groups excluding carboxylic acids is 3. The van der Waals surface area contributed by atoms with Gasteiger partial charge in [0.15, 0.2) is 5.78 Å². The number of ketones is 1. The summed E-state index contributed by atoms with van der Waals surface area (Å²) in [5, 5.41) is 24.1. The molecule has 14 heteroatoms. The van der Waals surface area contributed by atoms with Gasteiger partial charge in [0.25, 0.3) is 0 Å². The van der Waals surface area contributed by atoms with Gasteiger partial charge < -0.3 is 26.0 Å². The molecule has 4 aliphatic rings. The Hall–Kier alpha value is -2.84. The number of carboxylic acid groups (broad SMARTS) is 1. The number of rotatable bonds is 9. The number of amides is 2. The van der Waals surface area contributed by atoms with E-state index < -0.39 is 11.9 Å². The molecule has 0 spiro atoms. The molecular weight excluding hydrogens is 512 g/mol. The smallest absolute Gasteiger partial charge is 0.353 e. The van der Waals surface area contributed by atoms with E-state index in [0.29, 0.717) is 31.0 Å². The molecule has 4 aliphatic heterocycles. The number of carbonyl (C=O) groups is 4. The number of carboxylic acids is 1. The Morgan fingerprint density at radius 1 is 1.34 bits per heavy atom. The number of likely N-dealkylation sites (tertiary alicyclic amines) is 1. The second-order valence-electron chi connectivity index (χ2n) is 10.9. The van der Waals surface area contributed by atoms with Crippen LogP contribution in [-0.2, 0) is 25.7 Å². The van der Waals surface area contributed by atoms with Crippen molar-refractivity contribution >= 4 is 35.3 Å². The first-order valence-corrected chi connectivity index (χ1v) is 14.0. The third-order valence-electron chi connectivity index (χ3n) is 8.14. The number of Topliss-reactive ketones (excluding diaryl/α,β-unsaturated/α-hetero) is 1. The van der Waals surface area contributed by atoms with E-state index in [4.69, 9.17) is 5.73 Å². The molecule has 7 atom stereocenters. The molecule has 5 heterocycles. The molecule has 0 aromatic carbocycles. The van der Waals surface area contributed by atoms with Gasteiger partial charge >= 0.3 is 5.97 Å². The van der Waals surface area contributed by atoms with Crippen LogP contribution in [0.5, 0.6) is 0 Å². The van der Waals surface area contributed by atoms with Crippen LogP contribution in [0.4, 0.5) is 0 Å².